The standard InChI is InChI=1S/C20H19N3O4/c1-12-4-8-14(9-5-12)17(24)21-16(20(25)26-3)19-23-22-18(27-19)15-10-6-13(2)7-11-15/h4-11,16H,1-3H3,(H,21,24)/t16-/m1/s1. The second-order valence-corrected chi connectivity index (χ2v) is 6.11. The van der Waals surface area contributed by atoms with Crippen LogP contribution in [0.4, 0.5) is 0 Å². The molecular weight excluding hydrogens is 346 g/mol. The Labute approximate surface area is 156 Å². The maximum atomic E-state index is 12.5. The number of rotatable bonds is 5. The van der Waals surface area contributed by atoms with Crippen LogP contribution in [0.3, 0.4) is 0 Å². The largest absolute Gasteiger partial charge is 0.467 e. The van der Waals surface area contributed by atoms with Crippen LogP contribution in [-0.2, 0) is 9.53 Å². The zero-order valence-electron chi connectivity index (χ0n) is 15.2. The summed E-state index contributed by atoms with van der Waals surface area (Å²) >= 11 is 0. The van der Waals surface area contributed by atoms with Crippen LogP contribution in [0.25, 0.3) is 11.5 Å². The molecule has 0 spiro atoms. The third-order valence-electron chi connectivity index (χ3n) is 4.01. The fraction of sp³-hybridized carbons (Fsp3) is 0.200. The highest BCUT2D eigenvalue weighted by molar-refractivity contribution is 5.96. The molecule has 7 heteroatoms. The Morgan fingerprint density at radius 1 is 0.963 bits per heavy atom. The van der Waals surface area contributed by atoms with E-state index in [0.29, 0.717) is 11.1 Å². The normalized spacial score (nSPS) is 11.7. The molecule has 0 aliphatic rings. The van der Waals surface area contributed by atoms with Crippen LogP contribution in [0.2, 0.25) is 0 Å². The first-order chi connectivity index (χ1) is 13.0. The summed E-state index contributed by atoms with van der Waals surface area (Å²) in [6.45, 7) is 3.89. The van der Waals surface area contributed by atoms with Crippen LogP contribution < -0.4 is 5.32 Å². The number of nitrogens with one attached hydrogen (secondary N) is 1. The molecule has 0 saturated carbocycles. The van der Waals surface area contributed by atoms with Crippen LogP contribution in [0, 0.1) is 13.8 Å². The average molecular weight is 365 g/mol. The number of carbonyl (C=O) groups is 2. The van der Waals surface area contributed by atoms with Gasteiger partial charge in [-0.25, -0.2) is 4.79 Å². The molecule has 7 nitrogen and oxygen atoms in total. The summed E-state index contributed by atoms with van der Waals surface area (Å²) in [5, 5.41) is 10.5. The van der Waals surface area contributed by atoms with Crippen molar-refractivity contribution in [2.24, 2.45) is 0 Å². The van der Waals surface area contributed by atoms with E-state index in [1.54, 1.807) is 12.1 Å². The summed E-state index contributed by atoms with van der Waals surface area (Å²) in [5.74, 6) is -0.934. The van der Waals surface area contributed by atoms with Gasteiger partial charge in [0.25, 0.3) is 11.8 Å². The summed E-state index contributed by atoms with van der Waals surface area (Å²) in [6.07, 6.45) is 0. The molecule has 1 N–H and O–H groups in total. The quantitative estimate of drug-likeness (QED) is 0.699. The summed E-state index contributed by atoms with van der Waals surface area (Å²) in [6, 6.07) is 13.3. The lowest BCUT2D eigenvalue weighted by Crippen LogP contribution is -2.34. The molecule has 2 aromatic carbocycles. The zero-order chi connectivity index (χ0) is 19.4. The van der Waals surface area contributed by atoms with Crippen molar-refractivity contribution in [3.05, 3.63) is 71.1 Å². The number of aryl methyl sites for hydroxylation is 2. The summed E-state index contributed by atoms with van der Waals surface area (Å²) in [5.41, 5.74) is 3.24. The van der Waals surface area contributed by atoms with E-state index in [4.69, 9.17) is 9.15 Å². The van der Waals surface area contributed by atoms with E-state index in [-0.39, 0.29) is 11.8 Å². The van der Waals surface area contributed by atoms with Gasteiger partial charge in [-0.1, -0.05) is 35.4 Å². The van der Waals surface area contributed by atoms with Gasteiger partial charge in [0, 0.05) is 11.1 Å². The predicted molar refractivity (Wildman–Crippen MR) is 97.9 cm³/mol. The molecule has 1 heterocycles. The third-order valence-corrected chi connectivity index (χ3v) is 4.01. The highest BCUT2D eigenvalue weighted by Crippen LogP contribution is 2.22. The van der Waals surface area contributed by atoms with Gasteiger partial charge in [-0.2, -0.15) is 0 Å². The third kappa shape index (κ3) is 4.20. The van der Waals surface area contributed by atoms with Gasteiger partial charge in [0.1, 0.15) is 0 Å². The van der Waals surface area contributed by atoms with E-state index in [0.717, 1.165) is 11.1 Å². The fourth-order valence-electron chi connectivity index (χ4n) is 2.42. The number of ether oxygens (including phenoxy) is 1. The van der Waals surface area contributed by atoms with Gasteiger partial charge in [0.15, 0.2) is 0 Å². The lowest BCUT2D eigenvalue weighted by Gasteiger charge is -2.13. The summed E-state index contributed by atoms with van der Waals surface area (Å²) < 4.78 is 10.4. The fourth-order valence-corrected chi connectivity index (χ4v) is 2.42. The van der Waals surface area contributed by atoms with Crippen molar-refractivity contribution in [1.82, 2.24) is 15.5 Å². The van der Waals surface area contributed by atoms with Crippen molar-refractivity contribution in [3.63, 3.8) is 0 Å². The summed E-state index contributed by atoms with van der Waals surface area (Å²) in [4.78, 5) is 24.6. The number of nitrogens with zero attached hydrogens (tertiary/aromatic N) is 2. The molecule has 1 atom stereocenters. The van der Waals surface area contributed by atoms with E-state index >= 15 is 0 Å². The Morgan fingerprint density at radius 3 is 2.15 bits per heavy atom. The van der Waals surface area contributed by atoms with Crippen LogP contribution in [-0.4, -0.2) is 29.2 Å². The molecule has 0 bridgehead atoms. The predicted octanol–water partition coefficient (Wildman–Crippen LogP) is 3.00. The van der Waals surface area contributed by atoms with Crippen LogP contribution >= 0.6 is 0 Å². The Hall–Kier alpha value is -3.48. The van der Waals surface area contributed by atoms with Gasteiger partial charge < -0.3 is 14.5 Å². The molecule has 1 amide bonds. The van der Waals surface area contributed by atoms with Crippen molar-refractivity contribution in [2.45, 2.75) is 19.9 Å². The molecule has 0 aliphatic heterocycles. The van der Waals surface area contributed by atoms with Gasteiger partial charge in [-0.05, 0) is 38.1 Å². The first-order valence-corrected chi connectivity index (χ1v) is 8.33. The SMILES string of the molecule is COC(=O)[C@H](NC(=O)c1ccc(C)cc1)c1nnc(-c2ccc(C)cc2)o1. The maximum absolute atomic E-state index is 12.5. The van der Waals surface area contributed by atoms with E-state index in [1.807, 2.05) is 50.2 Å². The molecule has 3 rings (SSSR count). The highest BCUT2D eigenvalue weighted by atomic mass is 16.5. The second kappa shape index (κ2) is 7.82. The Bertz CT molecular complexity index is 946. The zero-order valence-corrected chi connectivity index (χ0v) is 15.2. The minimum Gasteiger partial charge on any atom is -0.467 e. The lowest BCUT2D eigenvalue weighted by molar-refractivity contribution is -0.143. The number of amides is 1. The van der Waals surface area contributed by atoms with Crippen molar-refractivity contribution in [2.75, 3.05) is 7.11 Å². The van der Waals surface area contributed by atoms with E-state index < -0.39 is 17.9 Å². The smallest absolute Gasteiger partial charge is 0.338 e. The average Bonchev–Trinajstić information content (AvgIpc) is 3.16. The van der Waals surface area contributed by atoms with Crippen molar-refractivity contribution in [3.8, 4) is 11.5 Å². The number of benzene rings is 2. The lowest BCUT2D eigenvalue weighted by atomic mass is 10.1. The van der Waals surface area contributed by atoms with Crippen molar-refractivity contribution >= 4 is 11.9 Å². The molecule has 138 valence electrons. The van der Waals surface area contributed by atoms with Gasteiger partial charge >= 0.3 is 5.97 Å². The monoisotopic (exact) mass is 365 g/mol. The molecule has 0 aliphatic carbocycles. The van der Waals surface area contributed by atoms with Gasteiger partial charge in [-0.15, -0.1) is 10.2 Å². The highest BCUT2D eigenvalue weighted by Gasteiger charge is 2.30. The summed E-state index contributed by atoms with van der Waals surface area (Å²) in [7, 11) is 1.23. The first-order valence-electron chi connectivity index (χ1n) is 8.33. The van der Waals surface area contributed by atoms with Crippen molar-refractivity contribution < 1.29 is 18.7 Å². The number of carbonyl (C=O) groups excluding carboxylic acids is 2. The maximum Gasteiger partial charge on any atom is 0.338 e. The molecule has 0 fully saturated rings. The molecule has 27 heavy (non-hydrogen) atoms. The van der Waals surface area contributed by atoms with Crippen LogP contribution in [0.5, 0.6) is 0 Å². The molecule has 1 aromatic heterocycles. The van der Waals surface area contributed by atoms with E-state index in [9.17, 15) is 9.59 Å². The molecule has 0 saturated heterocycles. The van der Waals surface area contributed by atoms with Gasteiger partial charge in [0.2, 0.25) is 11.9 Å². The van der Waals surface area contributed by atoms with Crippen LogP contribution in [0.1, 0.15) is 33.4 Å². The van der Waals surface area contributed by atoms with E-state index in [2.05, 4.69) is 15.5 Å². The topological polar surface area (TPSA) is 94.3 Å². The molecule has 3 aromatic rings. The second-order valence-electron chi connectivity index (χ2n) is 6.11. The van der Waals surface area contributed by atoms with Crippen molar-refractivity contribution in [1.29, 1.82) is 0 Å². The number of hydrogen-bond donors (Lipinski definition) is 1. The Kier molecular flexibility index (Phi) is 5.30. The van der Waals surface area contributed by atoms with E-state index in [1.165, 1.54) is 7.11 Å². The first kappa shape index (κ1) is 18.3. The number of methoxy groups -OCH3 is 1. The number of hydrogen-bond acceptors (Lipinski definition) is 6. The van der Waals surface area contributed by atoms with Gasteiger partial charge in [-0.3, -0.25) is 4.79 Å². The minimum atomic E-state index is -1.20. The van der Waals surface area contributed by atoms with Crippen LogP contribution in [0.15, 0.2) is 52.9 Å². The minimum absolute atomic E-state index is 0.0436. The molecule has 0 unspecified atom stereocenters. The number of esters is 1. The number of aromatic nitrogens is 2. The molecule has 0 radical (unpaired) electrons. The molecular formula is C20H19N3O4. The Balaban J connectivity index is 1.85. The Morgan fingerprint density at radius 2 is 1.56 bits per heavy atom. The van der Waals surface area contributed by atoms with Gasteiger partial charge in [0.05, 0.1) is 7.11 Å².